The Bertz CT molecular complexity index is 295. The van der Waals surface area contributed by atoms with E-state index in [1.165, 1.54) is 25.7 Å². The molecule has 2 atom stereocenters. The number of rotatable bonds is 4. The second kappa shape index (κ2) is 6.33. The summed E-state index contributed by atoms with van der Waals surface area (Å²) in [5.74, 6) is 0. The van der Waals surface area contributed by atoms with Gasteiger partial charge in [-0.1, -0.05) is 12.8 Å². The van der Waals surface area contributed by atoms with Crippen LogP contribution in [0.25, 0.3) is 0 Å². The highest BCUT2D eigenvalue weighted by molar-refractivity contribution is 4.92. The molecule has 2 aliphatic rings. The van der Waals surface area contributed by atoms with Crippen LogP contribution in [0.1, 0.15) is 73.1 Å². The summed E-state index contributed by atoms with van der Waals surface area (Å²) in [4.78, 5) is 0. The summed E-state index contributed by atoms with van der Waals surface area (Å²) in [5, 5.41) is 3.66. The van der Waals surface area contributed by atoms with E-state index in [1.807, 2.05) is 0 Å². The monoisotopic (exact) mass is 283 g/mol. The van der Waals surface area contributed by atoms with Crippen LogP contribution in [0, 0.1) is 0 Å². The molecule has 0 aromatic heterocycles. The summed E-state index contributed by atoms with van der Waals surface area (Å²) in [7, 11) is 0. The van der Waals surface area contributed by atoms with Crippen LogP contribution in [-0.4, -0.2) is 36.0 Å². The molecule has 1 saturated carbocycles. The van der Waals surface area contributed by atoms with Crippen molar-refractivity contribution in [2.75, 3.05) is 6.54 Å². The Hall–Kier alpha value is -0.120. The standard InChI is InChI=1S/C17H33NO2/c1-13-10-15(11-14(2)19-13)20-17(8-6-7-9-17)12-18-16(3,4)5/h13-15,18H,6-12H2,1-5H3. The molecule has 1 heterocycles. The van der Waals surface area contributed by atoms with Gasteiger partial charge in [0.2, 0.25) is 0 Å². The molecule has 0 spiro atoms. The van der Waals surface area contributed by atoms with Crippen molar-refractivity contribution in [2.45, 2.75) is 103 Å². The smallest absolute Gasteiger partial charge is 0.0810 e. The highest BCUT2D eigenvalue weighted by Crippen LogP contribution is 2.37. The largest absolute Gasteiger partial charge is 0.375 e. The fourth-order valence-corrected chi connectivity index (χ4v) is 3.58. The van der Waals surface area contributed by atoms with Gasteiger partial charge in [-0.25, -0.2) is 0 Å². The predicted molar refractivity (Wildman–Crippen MR) is 83.1 cm³/mol. The Kier molecular flexibility index (Phi) is 5.14. The molecule has 0 radical (unpaired) electrons. The van der Waals surface area contributed by atoms with Crippen LogP contribution in [0.15, 0.2) is 0 Å². The van der Waals surface area contributed by atoms with Crippen molar-refractivity contribution in [2.24, 2.45) is 0 Å². The Morgan fingerprint density at radius 1 is 1.10 bits per heavy atom. The van der Waals surface area contributed by atoms with E-state index in [1.54, 1.807) is 0 Å². The van der Waals surface area contributed by atoms with Crippen molar-refractivity contribution in [3.05, 3.63) is 0 Å². The van der Waals surface area contributed by atoms with Gasteiger partial charge < -0.3 is 14.8 Å². The predicted octanol–water partition coefficient (Wildman–Crippen LogP) is 3.66. The molecule has 1 N–H and O–H groups in total. The van der Waals surface area contributed by atoms with Gasteiger partial charge in [-0.05, 0) is 60.3 Å². The lowest BCUT2D eigenvalue weighted by atomic mass is 9.96. The first-order valence-corrected chi connectivity index (χ1v) is 8.36. The van der Waals surface area contributed by atoms with Gasteiger partial charge in [-0.15, -0.1) is 0 Å². The fourth-order valence-electron chi connectivity index (χ4n) is 3.58. The minimum absolute atomic E-state index is 0.0642. The first-order chi connectivity index (χ1) is 9.28. The van der Waals surface area contributed by atoms with E-state index < -0.39 is 0 Å². The average Bonchev–Trinajstić information content (AvgIpc) is 2.73. The highest BCUT2D eigenvalue weighted by atomic mass is 16.5. The Morgan fingerprint density at radius 3 is 2.15 bits per heavy atom. The van der Waals surface area contributed by atoms with E-state index in [0.29, 0.717) is 18.3 Å². The second-order valence-corrected chi connectivity index (χ2v) is 7.96. The van der Waals surface area contributed by atoms with Crippen LogP contribution in [0.2, 0.25) is 0 Å². The SMILES string of the molecule is CC1CC(OC2(CNC(C)(C)C)CCCC2)CC(C)O1. The van der Waals surface area contributed by atoms with Gasteiger partial charge >= 0.3 is 0 Å². The molecule has 0 aromatic rings. The van der Waals surface area contributed by atoms with Crippen LogP contribution in [0.5, 0.6) is 0 Å². The molecule has 1 saturated heterocycles. The molecule has 2 rings (SSSR count). The summed E-state index contributed by atoms with van der Waals surface area (Å²) in [6, 6.07) is 0. The van der Waals surface area contributed by atoms with E-state index >= 15 is 0 Å². The number of ether oxygens (including phenoxy) is 2. The van der Waals surface area contributed by atoms with Gasteiger partial charge in [-0.3, -0.25) is 0 Å². The van der Waals surface area contributed by atoms with E-state index in [2.05, 4.69) is 39.9 Å². The van der Waals surface area contributed by atoms with Crippen molar-refractivity contribution in [1.82, 2.24) is 5.32 Å². The lowest BCUT2D eigenvalue weighted by Gasteiger charge is -2.40. The summed E-state index contributed by atoms with van der Waals surface area (Å²) >= 11 is 0. The summed E-state index contributed by atoms with van der Waals surface area (Å²) < 4.78 is 12.5. The van der Waals surface area contributed by atoms with Gasteiger partial charge in [0.25, 0.3) is 0 Å². The minimum Gasteiger partial charge on any atom is -0.375 e. The van der Waals surface area contributed by atoms with Crippen LogP contribution in [0.4, 0.5) is 0 Å². The molecule has 3 nitrogen and oxygen atoms in total. The summed E-state index contributed by atoms with van der Waals surface area (Å²) in [6.45, 7) is 12.0. The second-order valence-electron chi connectivity index (χ2n) is 7.96. The first kappa shape index (κ1) is 16.3. The maximum Gasteiger partial charge on any atom is 0.0810 e. The van der Waals surface area contributed by atoms with Crippen LogP contribution in [-0.2, 0) is 9.47 Å². The lowest BCUT2D eigenvalue weighted by Crippen LogP contribution is -2.50. The maximum absolute atomic E-state index is 6.63. The van der Waals surface area contributed by atoms with E-state index in [9.17, 15) is 0 Å². The number of hydrogen-bond donors (Lipinski definition) is 1. The molecule has 1 aliphatic carbocycles. The lowest BCUT2D eigenvalue weighted by molar-refractivity contribution is -0.155. The van der Waals surface area contributed by atoms with Crippen molar-refractivity contribution < 1.29 is 9.47 Å². The molecular weight excluding hydrogens is 250 g/mol. The van der Waals surface area contributed by atoms with Crippen LogP contribution in [0.3, 0.4) is 0 Å². The average molecular weight is 283 g/mol. The van der Waals surface area contributed by atoms with Gasteiger partial charge in [0.15, 0.2) is 0 Å². The zero-order valence-corrected chi connectivity index (χ0v) is 14.0. The Morgan fingerprint density at radius 2 is 1.65 bits per heavy atom. The van der Waals surface area contributed by atoms with Crippen LogP contribution >= 0.6 is 0 Å². The molecule has 118 valence electrons. The first-order valence-electron chi connectivity index (χ1n) is 8.36. The number of hydrogen-bond acceptors (Lipinski definition) is 3. The van der Waals surface area contributed by atoms with Gasteiger partial charge in [-0.2, -0.15) is 0 Å². The summed E-state index contributed by atoms with van der Waals surface area (Å²) in [6.07, 6.45) is 8.14. The fraction of sp³-hybridized carbons (Fsp3) is 1.00. The molecule has 20 heavy (non-hydrogen) atoms. The van der Waals surface area contributed by atoms with Gasteiger partial charge in [0, 0.05) is 12.1 Å². The normalized spacial score (nSPS) is 34.4. The molecular formula is C17H33NO2. The van der Waals surface area contributed by atoms with E-state index in [0.717, 1.165) is 19.4 Å². The van der Waals surface area contributed by atoms with Gasteiger partial charge in [0.1, 0.15) is 0 Å². The Labute approximate surface area is 124 Å². The molecule has 0 aromatic carbocycles. The zero-order chi connectivity index (χ0) is 14.8. The van der Waals surface area contributed by atoms with E-state index in [4.69, 9.17) is 9.47 Å². The zero-order valence-electron chi connectivity index (χ0n) is 14.0. The quantitative estimate of drug-likeness (QED) is 0.854. The molecule has 1 aliphatic heterocycles. The highest BCUT2D eigenvalue weighted by Gasteiger charge is 2.39. The van der Waals surface area contributed by atoms with Crippen molar-refractivity contribution in [1.29, 1.82) is 0 Å². The maximum atomic E-state index is 6.63. The third kappa shape index (κ3) is 4.71. The van der Waals surface area contributed by atoms with Crippen LogP contribution < -0.4 is 5.32 Å². The van der Waals surface area contributed by atoms with Gasteiger partial charge in [0.05, 0.1) is 23.9 Å². The van der Waals surface area contributed by atoms with E-state index in [-0.39, 0.29) is 11.1 Å². The third-order valence-corrected chi connectivity index (χ3v) is 4.53. The third-order valence-electron chi connectivity index (χ3n) is 4.53. The molecule has 3 heteroatoms. The minimum atomic E-state index is 0.0642. The molecule has 0 amide bonds. The molecule has 2 fully saturated rings. The van der Waals surface area contributed by atoms with Crippen molar-refractivity contribution in [3.8, 4) is 0 Å². The molecule has 2 unspecified atom stereocenters. The van der Waals surface area contributed by atoms with Crippen molar-refractivity contribution in [3.63, 3.8) is 0 Å². The van der Waals surface area contributed by atoms with Crippen molar-refractivity contribution >= 4 is 0 Å². The molecule has 0 bridgehead atoms. The summed E-state index contributed by atoms with van der Waals surface area (Å²) in [5.41, 5.74) is 0.226. The number of nitrogens with one attached hydrogen (secondary N) is 1. The Balaban J connectivity index is 1.94. The topological polar surface area (TPSA) is 30.5 Å².